The summed E-state index contributed by atoms with van der Waals surface area (Å²) in [6.07, 6.45) is 0. The Hall–Kier alpha value is -7.27. The number of hydrogen-bond donors (Lipinski definition) is 0. The van der Waals surface area contributed by atoms with Gasteiger partial charge in [0.1, 0.15) is 16.9 Å². The maximum Gasteiger partial charge on any atom is 0.156 e. The van der Waals surface area contributed by atoms with E-state index in [1.165, 1.54) is 32.0 Å². The van der Waals surface area contributed by atoms with Gasteiger partial charge in [0.2, 0.25) is 0 Å². The molecule has 0 unspecified atom stereocenters. The molecule has 12 rings (SSSR count). The van der Waals surface area contributed by atoms with Crippen LogP contribution in [0, 0.1) is 0 Å². The van der Waals surface area contributed by atoms with Crippen molar-refractivity contribution < 1.29 is 9.15 Å². The largest absolute Gasteiger partial charge is 0.456 e. The van der Waals surface area contributed by atoms with Crippen molar-refractivity contribution in [2.24, 2.45) is 0 Å². The van der Waals surface area contributed by atoms with Gasteiger partial charge in [0.05, 0.1) is 22.2 Å². The lowest BCUT2D eigenvalue weighted by molar-refractivity contribution is 0.432. The van der Waals surface area contributed by atoms with Crippen molar-refractivity contribution in [3.63, 3.8) is 0 Å². The fraction of sp³-hybridized carbons (Fsp3) is 0.0182. The van der Waals surface area contributed by atoms with E-state index in [1.807, 2.05) is 23.9 Å². The SMILES string of the molecule is c1ccc(-c2ccc(-c3ccc(N(c4cccc5c4Oc4ccccc4C54c5ccccc5Sc5ccccc54)c4cccc5oc6ccccc6c45)cc3)cc2)cc1. The summed E-state index contributed by atoms with van der Waals surface area (Å²) in [6.45, 7) is 0. The van der Waals surface area contributed by atoms with E-state index in [0.717, 1.165) is 72.8 Å². The van der Waals surface area contributed by atoms with Crippen LogP contribution < -0.4 is 9.64 Å². The number of nitrogens with zero attached hydrogens (tertiary/aromatic N) is 1. The van der Waals surface area contributed by atoms with Crippen molar-refractivity contribution in [2.45, 2.75) is 15.2 Å². The van der Waals surface area contributed by atoms with Gasteiger partial charge in [-0.15, -0.1) is 0 Å². The molecule has 0 fully saturated rings. The molecule has 0 saturated heterocycles. The highest BCUT2D eigenvalue weighted by molar-refractivity contribution is 7.99. The molecule has 1 spiro atoms. The number of rotatable bonds is 5. The van der Waals surface area contributed by atoms with Crippen LogP contribution in [0.25, 0.3) is 44.2 Å². The standard InChI is InChI=1S/C55H35NO2S/c1-2-14-36(15-3-1)37-28-30-38(31-29-37)39-32-34-40(35-33-39)56(46-21-13-25-50-53(46)41-16-4-8-23-48(41)57-50)47-22-12-20-45-54(47)58-49-24-9-5-17-42(49)55(45)43-18-6-10-26-51(43)59-52-27-11-7-19-44(52)55/h1-35H. The molecular weight excluding hydrogens is 739 g/mol. The topological polar surface area (TPSA) is 25.6 Å². The van der Waals surface area contributed by atoms with Gasteiger partial charge < -0.3 is 14.1 Å². The third kappa shape index (κ3) is 5.16. The zero-order valence-electron chi connectivity index (χ0n) is 31.9. The predicted molar refractivity (Wildman–Crippen MR) is 242 cm³/mol. The van der Waals surface area contributed by atoms with Crippen LogP contribution in [0.1, 0.15) is 22.3 Å². The van der Waals surface area contributed by atoms with Gasteiger partial charge >= 0.3 is 0 Å². The van der Waals surface area contributed by atoms with E-state index in [0.29, 0.717) is 0 Å². The van der Waals surface area contributed by atoms with Crippen LogP contribution in [0.3, 0.4) is 0 Å². The Balaban J connectivity index is 1.10. The van der Waals surface area contributed by atoms with Crippen molar-refractivity contribution in [1.29, 1.82) is 0 Å². The average molecular weight is 774 g/mol. The van der Waals surface area contributed by atoms with Crippen molar-refractivity contribution in [2.75, 3.05) is 4.90 Å². The quantitative estimate of drug-likeness (QED) is 0.174. The Kier molecular flexibility index (Phi) is 7.69. The molecule has 3 nitrogen and oxygen atoms in total. The molecule has 3 heterocycles. The highest BCUT2D eigenvalue weighted by atomic mass is 32.2. The van der Waals surface area contributed by atoms with Crippen LogP contribution in [-0.4, -0.2) is 0 Å². The van der Waals surface area contributed by atoms with E-state index >= 15 is 0 Å². The van der Waals surface area contributed by atoms with Gasteiger partial charge in [-0.3, -0.25) is 0 Å². The number of hydrogen-bond acceptors (Lipinski definition) is 4. The zero-order chi connectivity index (χ0) is 38.9. The van der Waals surface area contributed by atoms with Crippen LogP contribution in [-0.2, 0) is 5.41 Å². The Morgan fingerprint density at radius 2 is 0.915 bits per heavy atom. The number of anilines is 3. The minimum absolute atomic E-state index is 0.617. The molecule has 59 heavy (non-hydrogen) atoms. The molecule has 2 aliphatic rings. The predicted octanol–water partition coefficient (Wildman–Crippen LogP) is 15.3. The van der Waals surface area contributed by atoms with Gasteiger partial charge in [0.15, 0.2) is 5.75 Å². The van der Waals surface area contributed by atoms with Gasteiger partial charge in [-0.25, -0.2) is 0 Å². The minimum atomic E-state index is -0.617. The first-order valence-electron chi connectivity index (χ1n) is 20.0. The number of furan rings is 1. The molecule has 4 heteroatoms. The molecule has 0 aliphatic carbocycles. The van der Waals surface area contributed by atoms with E-state index in [-0.39, 0.29) is 0 Å². The smallest absolute Gasteiger partial charge is 0.156 e. The summed E-state index contributed by atoms with van der Waals surface area (Å²) in [4.78, 5) is 4.86. The first-order valence-corrected chi connectivity index (χ1v) is 20.8. The lowest BCUT2D eigenvalue weighted by Gasteiger charge is -2.46. The normalized spacial score (nSPS) is 13.3. The van der Waals surface area contributed by atoms with Gasteiger partial charge in [-0.1, -0.05) is 169 Å². The van der Waals surface area contributed by atoms with Gasteiger partial charge in [0.25, 0.3) is 0 Å². The fourth-order valence-corrected chi connectivity index (χ4v) is 10.6. The van der Waals surface area contributed by atoms with E-state index in [9.17, 15) is 0 Å². The molecule has 0 radical (unpaired) electrons. The van der Waals surface area contributed by atoms with E-state index in [2.05, 4.69) is 205 Å². The molecule has 0 saturated carbocycles. The molecule has 0 atom stereocenters. The number of fused-ring (bicyclic) bond motifs is 11. The highest BCUT2D eigenvalue weighted by Gasteiger charge is 2.50. The van der Waals surface area contributed by atoms with Crippen LogP contribution in [0.4, 0.5) is 17.1 Å². The average Bonchev–Trinajstić information content (AvgIpc) is 3.69. The first-order chi connectivity index (χ1) is 29.3. The fourth-order valence-electron chi connectivity index (χ4n) is 9.44. The molecular formula is C55H35NO2S. The van der Waals surface area contributed by atoms with Crippen molar-refractivity contribution >= 4 is 50.8 Å². The summed E-state index contributed by atoms with van der Waals surface area (Å²) in [7, 11) is 0. The molecule has 1 aromatic heterocycles. The van der Waals surface area contributed by atoms with E-state index < -0.39 is 5.41 Å². The number of benzene rings is 9. The van der Waals surface area contributed by atoms with Gasteiger partial charge in [-0.2, -0.15) is 0 Å². The minimum Gasteiger partial charge on any atom is -0.456 e. The summed E-state index contributed by atoms with van der Waals surface area (Å²) >= 11 is 1.84. The Bertz CT molecular complexity index is 3160. The molecule has 0 N–H and O–H groups in total. The third-order valence-corrected chi connectivity index (χ3v) is 13.2. The summed E-state index contributed by atoms with van der Waals surface area (Å²) < 4.78 is 13.7. The molecule has 2 aliphatic heterocycles. The van der Waals surface area contributed by atoms with Crippen molar-refractivity contribution in [3.05, 3.63) is 235 Å². The lowest BCUT2D eigenvalue weighted by Crippen LogP contribution is -2.37. The van der Waals surface area contributed by atoms with Crippen molar-refractivity contribution in [1.82, 2.24) is 0 Å². The molecule has 278 valence electrons. The molecule has 10 aromatic rings. The summed E-state index contributed by atoms with van der Waals surface area (Å²) in [6, 6.07) is 76.0. The van der Waals surface area contributed by atoms with Crippen LogP contribution >= 0.6 is 11.8 Å². The van der Waals surface area contributed by atoms with Crippen LogP contribution in [0.5, 0.6) is 11.5 Å². The monoisotopic (exact) mass is 773 g/mol. The van der Waals surface area contributed by atoms with Crippen molar-refractivity contribution in [3.8, 4) is 33.8 Å². The second-order valence-electron chi connectivity index (χ2n) is 15.2. The second-order valence-corrected chi connectivity index (χ2v) is 16.3. The summed E-state index contributed by atoms with van der Waals surface area (Å²) in [5.41, 5.74) is 13.5. The number of para-hydroxylation sites is 3. The van der Waals surface area contributed by atoms with E-state index in [1.54, 1.807) is 0 Å². The molecule has 9 aromatic carbocycles. The summed E-state index contributed by atoms with van der Waals surface area (Å²) in [5, 5.41) is 2.12. The summed E-state index contributed by atoms with van der Waals surface area (Å²) in [5.74, 6) is 1.68. The zero-order valence-corrected chi connectivity index (χ0v) is 32.7. The van der Waals surface area contributed by atoms with Gasteiger partial charge in [0, 0.05) is 32.0 Å². The second kappa shape index (κ2) is 13.4. The van der Waals surface area contributed by atoms with Crippen LogP contribution in [0.15, 0.2) is 227 Å². The van der Waals surface area contributed by atoms with Gasteiger partial charge in [-0.05, 0) is 88.0 Å². The van der Waals surface area contributed by atoms with Crippen LogP contribution in [0.2, 0.25) is 0 Å². The molecule has 0 bridgehead atoms. The third-order valence-electron chi connectivity index (χ3n) is 12.0. The van der Waals surface area contributed by atoms with E-state index in [4.69, 9.17) is 9.15 Å². The maximum absolute atomic E-state index is 7.24. The maximum atomic E-state index is 7.24. The lowest BCUT2D eigenvalue weighted by atomic mass is 9.63. The molecule has 0 amide bonds. The number of ether oxygens (including phenoxy) is 1. The first kappa shape index (κ1) is 33.8. The highest BCUT2D eigenvalue weighted by Crippen LogP contribution is 2.63. The Morgan fingerprint density at radius 3 is 1.64 bits per heavy atom. The Labute approximate surface area is 346 Å². The Morgan fingerprint density at radius 1 is 0.390 bits per heavy atom.